The predicted octanol–water partition coefficient (Wildman–Crippen LogP) is 1.56. The molecule has 0 saturated carbocycles. The third-order valence-corrected chi connectivity index (χ3v) is 2.20. The summed E-state index contributed by atoms with van der Waals surface area (Å²) in [4.78, 5) is 16.0. The zero-order valence-corrected chi connectivity index (χ0v) is 7.86. The molecule has 12 heavy (non-hydrogen) atoms. The van der Waals surface area contributed by atoms with Crippen molar-refractivity contribution in [3.05, 3.63) is 16.6 Å². The Kier molecular flexibility index (Phi) is 3.73. The van der Waals surface area contributed by atoms with Gasteiger partial charge in [0.25, 0.3) is 0 Å². The maximum atomic E-state index is 11.0. The van der Waals surface area contributed by atoms with E-state index >= 15 is 0 Å². The van der Waals surface area contributed by atoms with Gasteiger partial charge in [-0.3, -0.25) is 9.78 Å². The van der Waals surface area contributed by atoms with E-state index in [1.165, 1.54) is 0 Å². The highest BCUT2D eigenvalue weighted by Gasteiger charge is 1.99. The van der Waals surface area contributed by atoms with Crippen LogP contribution in [0.4, 0.5) is 0 Å². The molecule has 1 N–H and O–H groups in total. The highest BCUT2D eigenvalue weighted by molar-refractivity contribution is 7.09. The average Bonchev–Trinajstić information content (AvgIpc) is 2.53. The molecule has 0 aromatic carbocycles. The van der Waals surface area contributed by atoms with E-state index < -0.39 is 0 Å². The topological polar surface area (TPSA) is 42.0 Å². The summed E-state index contributed by atoms with van der Waals surface area (Å²) in [6.45, 7) is 2.61. The second kappa shape index (κ2) is 4.87. The molecule has 1 amide bonds. The first-order valence-electron chi connectivity index (χ1n) is 3.97. The molecule has 0 radical (unpaired) electrons. The highest BCUT2D eigenvalue weighted by atomic mass is 32.1. The highest BCUT2D eigenvalue weighted by Crippen LogP contribution is 2.04. The van der Waals surface area contributed by atoms with Gasteiger partial charge in [-0.15, -0.1) is 11.3 Å². The van der Waals surface area contributed by atoms with E-state index in [1.807, 2.05) is 6.92 Å². The van der Waals surface area contributed by atoms with Crippen LogP contribution in [0.15, 0.2) is 11.7 Å². The van der Waals surface area contributed by atoms with Crippen molar-refractivity contribution in [3.8, 4) is 0 Å². The Bertz CT molecular complexity index is 233. The van der Waals surface area contributed by atoms with Gasteiger partial charge in [0.15, 0.2) is 0 Å². The molecule has 0 aliphatic heterocycles. The van der Waals surface area contributed by atoms with E-state index in [4.69, 9.17) is 0 Å². The van der Waals surface area contributed by atoms with Crippen LogP contribution in [-0.4, -0.2) is 10.9 Å². The molecule has 3 nitrogen and oxygen atoms in total. The Balaban J connectivity index is 2.22. The number of hydrogen-bond donors (Lipinski definition) is 1. The Morgan fingerprint density at radius 3 is 3.17 bits per heavy atom. The molecule has 0 fully saturated rings. The Labute approximate surface area is 75.8 Å². The number of amides is 1. The third kappa shape index (κ3) is 3.00. The smallest absolute Gasteiger partial charge is 0.220 e. The van der Waals surface area contributed by atoms with E-state index in [1.54, 1.807) is 23.0 Å². The standard InChI is InChI=1S/C8H12N2OS/c1-2-3-8(11)10-5-7-4-9-6-12-7/h4,6H,2-3,5H2,1H3,(H,10,11). The molecule has 0 atom stereocenters. The molecule has 0 spiro atoms. The summed E-state index contributed by atoms with van der Waals surface area (Å²) >= 11 is 1.56. The van der Waals surface area contributed by atoms with Crippen molar-refractivity contribution >= 4 is 17.2 Å². The Morgan fingerprint density at radius 1 is 1.75 bits per heavy atom. The first-order chi connectivity index (χ1) is 5.83. The number of rotatable bonds is 4. The van der Waals surface area contributed by atoms with E-state index in [0.29, 0.717) is 13.0 Å². The lowest BCUT2D eigenvalue weighted by Crippen LogP contribution is -2.21. The molecule has 0 aliphatic rings. The number of nitrogens with zero attached hydrogens (tertiary/aromatic N) is 1. The van der Waals surface area contributed by atoms with Gasteiger partial charge >= 0.3 is 0 Å². The minimum absolute atomic E-state index is 0.117. The van der Waals surface area contributed by atoms with E-state index in [2.05, 4.69) is 10.3 Å². The molecule has 0 unspecified atom stereocenters. The number of carbonyl (C=O) groups excluding carboxylic acids is 1. The van der Waals surface area contributed by atoms with Crippen LogP contribution in [0.5, 0.6) is 0 Å². The van der Waals surface area contributed by atoms with Crippen molar-refractivity contribution in [1.82, 2.24) is 10.3 Å². The molecular formula is C8H12N2OS. The molecule has 4 heteroatoms. The van der Waals surface area contributed by atoms with Crippen LogP contribution in [0, 0.1) is 0 Å². The molecule has 1 heterocycles. The van der Waals surface area contributed by atoms with Gasteiger partial charge in [-0.1, -0.05) is 6.92 Å². The Morgan fingerprint density at radius 2 is 2.58 bits per heavy atom. The fourth-order valence-corrected chi connectivity index (χ4v) is 1.36. The summed E-state index contributed by atoms with van der Waals surface area (Å²) in [5.74, 6) is 0.117. The van der Waals surface area contributed by atoms with Gasteiger partial charge in [0, 0.05) is 17.5 Å². The van der Waals surface area contributed by atoms with Crippen LogP contribution in [0.1, 0.15) is 24.6 Å². The summed E-state index contributed by atoms with van der Waals surface area (Å²) in [7, 11) is 0. The van der Waals surface area contributed by atoms with Crippen LogP contribution in [0.3, 0.4) is 0 Å². The number of carbonyl (C=O) groups is 1. The van der Waals surface area contributed by atoms with Crippen molar-refractivity contribution in [3.63, 3.8) is 0 Å². The summed E-state index contributed by atoms with van der Waals surface area (Å²) in [6, 6.07) is 0. The third-order valence-electron chi connectivity index (χ3n) is 1.42. The van der Waals surface area contributed by atoms with Crippen LogP contribution in [-0.2, 0) is 11.3 Å². The summed E-state index contributed by atoms with van der Waals surface area (Å²) in [5, 5.41) is 2.82. The lowest BCUT2D eigenvalue weighted by Gasteiger charge is -2.00. The van der Waals surface area contributed by atoms with Gasteiger partial charge in [-0.05, 0) is 6.42 Å². The first kappa shape index (κ1) is 9.19. The number of hydrogen-bond acceptors (Lipinski definition) is 3. The van der Waals surface area contributed by atoms with Crippen molar-refractivity contribution in [2.24, 2.45) is 0 Å². The molecule has 1 aromatic heterocycles. The quantitative estimate of drug-likeness (QED) is 0.771. The molecule has 1 rings (SSSR count). The van der Waals surface area contributed by atoms with Crippen molar-refractivity contribution < 1.29 is 4.79 Å². The van der Waals surface area contributed by atoms with Crippen molar-refractivity contribution in [1.29, 1.82) is 0 Å². The normalized spacial score (nSPS) is 9.75. The SMILES string of the molecule is CCCC(=O)NCc1cncs1. The molecule has 0 saturated heterocycles. The molecule has 0 bridgehead atoms. The van der Waals surface area contributed by atoms with E-state index in [0.717, 1.165) is 11.3 Å². The zero-order chi connectivity index (χ0) is 8.81. The maximum absolute atomic E-state index is 11.0. The number of aromatic nitrogens is 1. The van der Waals surface area contributed by atoms with Crippen LogP contribution < -0.4 is 5.32 Å². The monoisotopic (exact) mass is 184 g/mol. The van der Waals surface area contributed by atoms with Crippen molar-refractivity contribution in [2.45, 2.75) is 26.3 Å². The van der Waals surface area contributed by atoms with E-state index in [-0.39, 0.29) is 5.91 Å². The summed E-state index contributed by atoms with van der Waals surface area (Å²) < 4.78 is 0. The van der Waals surface area contributed by atoms with Gasteiger partial charge < -0.3 is 5.32 Å². The van der Waals surface area contributed by atoms with Gasteiger partial charge in [-0.25, -0.2) is 0 Å². The van der Waals surface area contributed by atoms with Gasteiger partial charge in [-0.2, -0.15) is 0 Å². The van der Waals surface area contributed by atoms with Gasteiger partial charge in [0.2, 0.25) is 5.91 Å². The fourth-order valence-electron chi connectivity index (χ4n) is 0.831. The zero-order valence-electron chi connectivity index (χ0n) is 7.04. The van der Waals surface area contributed by atoms with Gasteiger partial charge in [0.1, 0.15) is 0 Å². The molecule has 0 aliphatic carbocycles. The minimum atomic E-state index is 0.117. The summed E-state index contributed by atoms with van der Waals surface area (Å²) in [5.41, 5.74) is 1.77. The fraction of sp³-hybridized carbons (Fsp3) is 0.500. The largest absolute Gasteiger partial charge is 0.351 e. The Hall–Kier alpha value is -0.900. The number of thiazole rings is 1. The first-order valence-corrected chi connectivity index (χ1v) is 4.85. The molecular weight excluding hydrogens is 172 g/mol. The lowest BCUT2D eigenvalue weighted by atomic mass is 10.3. The van der Waals surface area contributed by atoms with Crippen LogP contribution in [0.2, 0.25) is 0 Å². The van der Waals surface area contributed by atoms with Gasteiger partial charge in [0.05, 0.1) is 12.1 Å². The lowest BCUT2D eigenvalue weighted by molar-refractivity contribution is -0.121. The van der Waals surface area contributed by atoms with Crippen LogP contribution >= 0.6 is 11.3 Å². The summed E-state index contributed by atoms with van der Waals surface area (Å²) in [6.07, 6.45) is 3.28. The van der Waals surface area contributed by atoms with Crippen molar-refractivity contribution in [2.75, 3.05) is 0 Å². The average molecular weight is 184 g/mol. The van der Waals surface area contributed by atoms with Crippen LogP contribution in [0.25, 0.3) is 0 Å². The number of nitrogens with one attached hydrogen (secondary N) is 1. The molecule has 1 aromatic rings. The predicted molar refractivity (Wildman–Crippen MR) is 48.9 cm³/mol. The minimum Gasteiger partial charge on any atom is -0.351 e. The maximum Gasteiger partial charge on any atom is 0.220 e. The van der Waals surface area contributed by atoms with E-state index in [9.17, 15) is 4.79 Å². The second-order valence-electron chi connectivity index (χ2n) is 2.49. The molecule has 66 valence electrons. The second-order valence-corrected chi connectivity index (χ2v) is 3.47.